The van der Waals surface area contributed by atoms with Crippen LogP contribution in [0, 0.1) is 23.2 Å². The van der Waals surface area contributed by atoms with Gasteiger partial charge in [-0.15, -0.1) is 17.5 Å². The Bertz CT molecular complexity index is 497. The van der Waals surface area contributed by atoms with Crippen LogP contribution in [0.3, 0.4) is 0 Å². The molecule has 0 aromatic carbocycles. The van der Waals surface area contributed by atoms with E-state index in [9.17, 15) is 0 Å². The Morgan fingerprint density at radius 3 is 2.26 bits per heavy atom. The number of rotatable bonds is 6. The normalized spacial score (nSPS) is 35.8. The van der Waals surface area contributed by atoms with Crippen LogP contribution in [0.4, 0.5) is 6.01 Å². The second-order valence-corrected chi connectivity index (χ2v) is 7.92. The molecule has 4 aliphatic carbocycles. The van der Waals surface area contributed by atoms with Crippen molar-refractivity contribution in [1.82, 2.24) is 15.5 Å². The molecule has 1 atom stereocenters. The maximum atomic E-state index is 5.72. The molecule has 1 heterocycles. The number of hydrogen-bond acceptors (Lipinski definition) is 5. The Kier molecular flexibility index (Phi) is 4.88. The third-order valence-electron chi connectivity index (χ3n) is 6.33. The highest BCUT2D eigenvalue weighted by Gasteiger charge is 2.53. The molecule has 4 saturated carbocycles. The lowest BCUT2D eigenvalue weighted by Gasteiger charge is -2.59. The van der Waals surface area contributed by atoms with E-state index in [4.69, 9.17) is 4.42 Å². The summed E-state index contributed by atoms with van der Waals surface area (Å²) in [5.41, 5.74) is 0.473. The molecule has 4 fully saturated rings. The fraction of sp³-hybridized carbons (Fsp3) is 0.882. The van der Waals surface area contributed by atoms with Gasteiger partial charge in [0.2, 0.25) is 5.89 Å². The van der Waals surface area contributed by atoms with Crippen molar-refractivity contribution in [1.29, 1.82) is 0 Å². The predicted molar refractivity (Wildman–Crippen MR) is 92.6 cm³/mol. The molecular formula is C17H29ClN4O. The van der Waals surface area contributed by atoms with Gasteiger partial charge in [-0.05, 0) is 75.2 Å². The van der Waals surface area contributed by atoms with Crippen molar-refractivity contribution in [2.45, 2.75) is 64.5 Å². The van der Waals surface area contributed by atoms with Gasteiger partial charge in [0.15, 0.2) is 0 Å². The van der Waals surface area contributed by atoms with E-state index in [2.05, 4.69) is 27.8 Å². The molecule has 4 bridgehead atoms. The molecule has 0 amide bonds. The fourth-order valence-electron chi connectivity index (χ4n) is 5.98. The Labute approximate surface area is 144 Å². The van der Waals surface area contributed by atoms with Gasteiger partial charge in [0.1, 0.15) is 0 Å². The largest absolute Gasteiger partial charge is 0.407 e. The summed E-state index contributed by atoms with van der Waals surface area (Å²) in [6.07, 6.45) is 9.82. The molecule has 0 radical (unpaired) electrons. The smallest absolute Gasteiger partial charge is 0.315 e. The first-order valence-corrected chi connectivity index (χ1v) is 8.94. The minimum Gasteiger partial charge on any atom is -0.407 e. The van der Waals surface area contributed by atoms with Gasteiger partial charge in [-0.25, -0.2) is 0 Å². The Morgan fingerprint density at radius 1 is 1.13 bits per heavy atom. The number of halogens is 1. The first kappa shape index (κ1) is 17.0. The van der Waals surface area contributed by atoms with Gasteiger partial charge < -0.3 is 15.1 Å². The van der Waals surface area contributed by atoms with E-state index in [0.29, 0.717) is 29.9 Å². The summed E-state index contributed by atoms with van der Waals surface area (Å²) >= 11 is 0. The van der Waals surface area contributed by atoms with E-state index >= 15 is 0 Å². The highest BCUT2D eigenvalue weighted by molar-refractivity contribution is 5.85. The van der Waals surface area contributed by atoms with Crippen LogP contribution in [-0.2, 0) is 6.54 Å². The minimum absolute atomic E-state index is 0. The number of hydrogen-bond donors (Lipinski definition) is 2. The maximum absolute atomic E-state index is 5.72. The molecule has 2 N–H and O–H groups in total. The van der Waals surface area contributed by atoms with Crippen molar-refractivity contribution in [3.63, 3.8) is 0 Å². The summed E-state index contributed by atoms with van der Waals surface area (Å²) < 4.78 is 5.72. The van der Waals surface area contributed by atoms with Gasteiger partial charge in [0, 0.05) is 6.04 Å². The van der Waals surface area contributed by atoms with Crippen LogP contribution in [0.2, 0.25) is 0 Å². The summed E-state index contributed by atoms with van der Waals surface area (Å²) in [5, 5.41) is 14.9. The van der Waals surface area contributed by atoms with Gasteiger partial charge in [0.25, 0.3) is 0 Å². The summed E-state index contributed by atoms with van der Waals surface area (Å²) in [4.78, 5) is 0. The van der Waals surface area contributed by atoms with Gasteiger partial charge in [-0.2, -0.15) is 0 Å². The van der Waals surface area contributed by atoms with Crippen molar-refractivity contribution in [3.8, 4) is 0 Å². The zero-order chi connectivity index (χ0) is 15.2. The highest BCUT2D eigenvalue weighted by Crippen LogP contribution is 2.61. The number of nitrogens with zero attached hydrogens (tertiary/aromatic N) is 2. The topological polar surface area (TPSA) is 63.0 Å². The third-order valence-corrected chi connectivity index (χ3v) is 6.33. The Morgan fingerprint density at radius 2 is 1.74 bits per heavy atom. The number of aromatic nitrogens is 2. The zero-order valence-corrected chi connectivity index (χ0v) is 15.0. The SMILES string of the molecule is CCC(Nc1nnc(CNC)o1)C12CC3CC(CC(C3)C1)C2.Cl. The van der Waals surface area contributed by atoms with Crippen LogP contribution in [0.1, 0.15) is 57.8 Å². The molecule has 1 unspecified atom stereocenters. The second kappa shape index (κ2) is 6.60. The van der Waals surface area contributed by atoms with Crippen LogP contribution in [0.25, 0.3) is 0 Å². The van der Waals surface area contributed by atoms with Crippen LogP contribution >= 0.6 is 12.4 Å². The van der Waals surface area contributed by atoms with Crippen LogP contribution in [-0.4, -0.2) is 23.3 Å². The molecule has 6 heteroatoms. The molecule has 4 aliphatic rings. The molecule has 1 aromatic heterocycles. The lowest BCUT2D eigenvalue weighted by atomic mass is 9.47. The van der Waals surface area contributed by atoms with Crippen LogP contribution < -0.4 is 10.6 Å². The number of anilines is 1. The van der Waals surface area contributed by atoms with Gasteiger partial charge in [0.05, 0.1) is 6.54 Å². The molecule has 130 valence electrons. The van der Waals surface area contributed by atoms with Crippen molar-refractivity contribution in [3.05, 3.63) is 5.89 Å². The second-order valence-electron chi connectivity index (χ2n) is 7.92. The van der Waals surface area contributed by atoms with E-state index in [1.54, 1.807) is 0 Å². The average molecular weight is 341 g/mol. The highest BCUT2D eigenvalue weighted by atomic mass is 35.5. The van der Waals surface area contributed by atoms with Gasteiger partial charge in [-0.1, -0.05) is 12.0 Å². The lowest BCUT2D eigenvalue weighted by Crippen LogP contribution is -2.53. The lowest BCUT2D eigenvalue weighted by molar-refractivity contribution is -0.0639. The molecule has 5 nitrogen and oxygen atoms in total. The average Bonchev–Trinajstić information content (AvgIpc) is 2.91. The van der Waals surface area contributed by atoms with Gasteiger partial charge >= 0.3 is 6.01 Å². The first-order valence-electron chi connectivity index (χ1n) is 8.94. The molecule has 0 aliphatic heterocycles. The van der Waals surface area contributed by atoms with Crippen molar-refractivity contribution >= 4 is 18.4 Å². The molecule has 23 heavy (non-hydrogen) atoms. The van der Waals surface area contributed by atoms with Crippen molar-refractivity contribution in [2.75, 3.05) is 12.4 Å². The van der Waals surface area contributed by atoms with Crippen molar-refractivity contribution in [2.24, 2.45) is 23.2 Å². The van der Waals surface area contributed by atoms with E-state index in [1.165, 1.54) is 38.5 Å². The van der Waals surface area contributed by atoms with Crippen LogP contribution in [0.5, 0.6) is 0 Å². The fourth-order valence-corrected chi connectivity index (χ4v) is 5.98. The maximum Gasteiger partial charge on any atom is 0.315 e. The number of nitrogens with one attached hydrogen (secondary N) is 2. The van der Waals surface area contributed by atoms with E-state index in [1.807, 2.05) is 7.05 Å². The third kappa shape index (κ3) is 3.10. The van der Waals surface area contributed by atoms with E-state index < -0.39 is 0 Å². The first-order chi connectivity index (χ1) is 10.7. The van der Waals surface area contributed by atoms with Gasteiger partial charge in [-0.3, -0.25) is 0 Å². The monoisotopic (exact) mass is 340 g/mol. The van der Waals surface area contributed by atoms with Crippen LogP contribution in [0.15, 0.2) is 4.42 Å². The molecular weight excluding hydrogens is 312 g/mol. The molecule has 5 rings (SSSR count). The summed E-state index contributed by atoms with van der Waals surface area (Å²) in [7, 11) is 1.89. The molecule has 1 aromatic rings. The van der Waals surface area contributed by atoms with Crippen molar-refractivity contribution < 1.29 is 4.42 Å². The molecule has 0 saturated heterocycles. The Hall–Kier alpha value is -0.810. The molecule has 0 spiro atoms. The zero-order valence-electron chi connectivity index (χ0n) is 14.2. The summed E-state index contributed by atoms with van der Waals surface area (Å²) in [5.74, 6) is 3.59. The summed E-state index contributed by atoms with van der Waals surface area (Å²) in [6, 6.07) is 1.08. The minimum atomic E-state index is 0. The van der Waals surface area contributed by atoms with E-state index in [-0.39, 0.29) is 12.4 Å². The Balaban J connectivity index is 0.00000156. The standard InChI is InChI=1S/C17H28N4O.ClH/c1-3-14(19-16-21-20-15(22-16)10-18-2)17-7-11-4-12(8-17)6-13(5-11)9-17;/h11-14,18H,3-10H2,1-2H3,(H,19,21);1H. The summed E-state index contributed by atoms with van der Waals surface area (Å²) in [6.45, 7) is 2.92. The predicted octanol–water partition coefficient (Wildman–Crippen LogP) is 3.62. The van der Waals surface area contributed by atoms with E-state index in [0.717, 1.165) is 24.2 Å². The quantitative estimate of drug-likeness (QED) is 0.828.